The summed E-state index contributed by atoms with van der Waals surface area (Å²) in [5.74, 6) is -10.2. The van der Waals surface area contributed by atoms with Crippen molar-refractivity contribution in [2.24, 2.45) is 0 Å². The predicted molar refractivity (Wildman–Crippen MR) is 63.1 cm³/mol. The molecule has 4 nitrogen and oxygen atoms in total. The third kappa shape index (κ3) is 3.60. The lowest BCUT2D eigenvalue weighted by molar-refractivity contribution is -0.138. The number of ketones is 1. The van der Waals surface area contributed by atoms with Gasteiger partial charge in [0.05, 0.1) is 12.2 Å². The van der Waals surface area contributed by atoms with Crippen LogP contribution in [0.5, 0.6) is 5.75 Å². The Balaban J connectivity index is 3.31. The summed E-state index contributed by atoms with van der Waals surface area (Å²) in [4.78, 5) is 23.1. The molecule has 0 aliphatic heterocycles. The minimum Gasteiger partial charge on any atom is -0.462 e. The molecule has 120 valence electrons. The highest BCUT2D eigenvalue weighted by Gasteiger charge is 2.29. The zero-order valence-corrected chi connectivity index (χ0v) is 11.1. The quantitative estimate of drug-likeness (QED) is 0.154. The van der Waals surface area contributed by atoms with E-state index in [4.69, 9.17) is 0 Å². The Morgan fingerprint density at radius 1 is 1.23 bits per heavy atom. The number of ether oxygens (including phenoxy) is 2. The van der Waals surface area contributed by atoms with Crippen LogP contribution in [0.25, 0.3) is 0 Å². The van der Waals surface area contributed by atoms with E-state index >= 15 is 0 Å². The lowest BCUT2D eigenvalue weighted by Crippen LogP contribution is -2.18. The Bertz CT molecular complexity index is 627. The smallest absolute Gasteiger partial charge is 0.387 e. The first kappa shape index (κ1) is 17.6. The van der Waals surface area contributed by atoms with Gasteiger partial charge in [-0.3, -0.25) is 4.79 Å². The van der Waals surface area contributed by atoms with Crippen LogP contribution in [0.4, 0.5) is 22.0 Å². The number of rotatable bonds is 6. The van der Waals surface area contributed by atoms with E-state index in [1.54, 1.807) is 0 Å². The second kappa shape index (κ2) is 7.01. The van der Waals surface area contributed by atoms with Crippen LogP contribution in [-0.4, -0.2) is 25.0 Å². The number of Topliss-reactive ketones (excluding diaryl/α,β-unsaturated/α-hetero) is 1. The maximum absolute atomic E-state index is 13.9. The highest BCUT2D eigenvalue weighted by atomic mass is 19.3. The minimum atomic E-state index is -3.65. The molecule has 1 rings (SSSR count). The number of esters is 1. The van der Waals surface area contributed by atoms with Gasteiger partial charge in [0.15, 0.2) is 11.6 Å². The second-order valence-electron chi connectivity index (χ2n) is 3.77. The topological polar surface area (TPSA) is 52.6 Å². The molecule has 0 amide bonds. The number of carbonyl (C=O) groups excluding carboxylic acids is 2. The fourth-order valence-electron chi connectivity index (χ4n) is 1.41. The molecule has 1 aromatic carbocycles. The van der Waals surface area contributed by atoms with E-state index in [1.165, 1.54) is 6.92 Å². The van der Waals surface area contributed by atoms with Gasteiger partial charge in [-0.2, -0.15) is 13.2 Å². The van der Waals surface area contributed by atoms with Crippen molar-refractivity contribution >= 4 is 11.8 Å². The summed E-state index contributed by atoms with van der Waals surface area (Å²) in [5, 5.41) is 0. The summed E-state index contributed by atoms with van der Waals surface area (Å²) >= 11 is 0. The molecule has 0 N–H and O–H groups in total. The Morgan fingerprint density at radius 2 is 1.82 bits per heavy atom. The van der Waals surface area contributed by atoms with Gasteiger partial charge in [0.25, 0.3) is 0 Å². The van der Waals surface area contributed by atoms with Crippen LogP contribution in [0.2, 0.25) is 0 Å². The van der Waals surface area contributed by atoms with Gasteiger partial charge in [0, 0.05) is 0 Å². The van der Waals surface area contributed by atoms with Crippen molar-refractivity contribution in [1.82, 2.24) is 0 Å². The molecule has 0 saturated carbocycles. The van der Waals surface area contributed by atoms with Crippen LogP contribution in [0.3, 0.4) is 0 Å². The van der Waals surface area contributed by atoms with Gasteiger partial charge >= 0.3 is 12.6 Å². The van der Waals surface area contributed by atoms with Crippen molar-refractivity contribution in [3.8, 4) is 5.75 Å². The molecule has 22 heavy (non-hydrogen) atoms. The summed E-state index contributed by atoms with van der Waals surface area (Å²) in [6.45, 7) is 0.686. The molecule has 0 heterocycles. The Labute approximate surface area is 121 Å². The van der Waals surface area contributed by atoms with Gasteiger partial charge in [-0.1, -0.05) is 6.58 Å². The van der Waals surface area contributed by atoms with Crippen molar-refractivity contribution in [1.29, 1.82) is 0 Å². The van der Waals surface area contributed by atoms with Crippen LogP contribution >= 0.6 is 0 Å². The molecule has 1 aromatic rings. The largest absolute Gasteiger partial charge is 0.462 e. The molecule has 0 atom stereocenters. The normalized spacial score (nSPS) is 10.5. The third-order valence-electron chi connectivity index (χ3n) is 2.36. The van der Waals surface area contributed by atoms with Crippen LogP contribution in [0, 0.1) is 17.5 Å². The first-order chi connectivity index (χ1) is 10.2. The van der Waals surface area contributed by atoms with Crippen molar-refractivity contribution in [3.05, 3.63) is 41.2 Å². The van der Waals surface area contributed by atoms with Crippen LogP contribution in [0.1, 0.15) is 17.3 Å². The SMILES string of the molecule is C=C(C(=O)OCC)C(=O)c1cc(F)c(F)c(OC(F)F)c1F. The van der Waals surface area contributed by atoms with Crippen molar-refractivity contribution in [2.45, 2.75) is 13.5 Å². The van der Waals surface area contributed by atoms with E-state index in [1.807, 2.05) is 0 Å². The van der Waals surface area contributed by atoms with Crippen molar-refractivity contribution < 1.29 is 41.0 Å². The molecule has 0 saturated heterocycles. The summed E-state index contributed by atoms with van der Waals surface area (Å²) < 4.78 is 72.5. The third-order valence-corrected chi connectivity index (χ3v) is 2.36. The molecule has 0 bridgehead atoms. The summed E-state index contributed by atoms with van der Waals surface area (Å²) in [5.41, 5.74) is -2.07. The van der Waals surface area contributed by atoms with E-state index in [0.717, 1.165) is 0 Å². The first-order valence-corrected chi connectivity index (χ1v) is 5.73. The maximum atomic E-state index is 13.9. The molecule has 0 spiro atoms. The lowest BCUT2D eigenvalue weighted by Gasteiger charge is -2.11. The Morgan fingerprint density at radius 3 is 2.32 bits per heavy atom. The van der Waals surface area contributed by atoms with Gasteiger partial charge in [-0.25, -0.2) is 13.6 Å². The minimum absolute atomic E-state index is 0.107. The summed E-state index contributed by atoms with van der Waals surface area (Å²) in [7, 11) is 0. The van der Waals surface area contributed by atoms with Crippen LogP contribution in [-0.2, 0) is 9.53 Å². The molecule has 0 unspecified atom stereocenters. The standard InChI is InChI=1S/C13H9F5O4/c1-3-21-12(20)5(2)10(19)6-4-7(14)9(16)11(8(6)15)22-13(17)18/h4,13H,2-3H2,1H3. The van der Waals surface area contributed by atoms with E-state index in [-0.39, 0.29) is 12.7 Å². The number of alkyl halides is 2. The highest BCUT2D eigenvalue weighted by molar-refractivity contribution is 6.23. The van der Waals surface area contributed by atoms with E-state index in [2.05, 4.69) is 16.1 Å². The number of benzene rings is 1. The molecular weight excluding hydrogens is 315 g/mol. The molecule has 0 aromatic heterocycles. The predicted octanol–water partition coefficient (Wildman–Crippen LogP) is 3.01. The molecule has 0 aliphatic rings. The number of carbonyl (C=O) groups is 2. The summed E-state index contributed by atoms with van der Waals surface area (Å²) in [6, 6.07) is 0.107. The fourth-order valence-corrected chi connectivity index (χ4v) is 1.41. The Hall–Kier alpha value is -2.45. The van der Waals surface area contributed by atoms with Crippen LogP contribution < -0.4 is 4.74 Å². The molecule has 0 fully saturated rings. The summed E-state index contributed by atoms with van der Waals surface area (Å²) in [6.07, 6.45) is 0. The molecule has 9 heteroatoms. The highest BCUT2D eigenvalue weighted by Crippen LogP contribution is 2.29. The molecule has 0 radical (unpaired) electrons. The number of halogens is 5. The number of hydrogen-bond acceptors (Lipinski definition) is 4. The zero-order valence-electron chi connectivity index (χ0n) is 11.1. The van der Waals surface area contributed by atoms with Gasteiger partial charge in [-0.05, 0) is 13.0 Å². The molecule has 0 aliphatic carbocycles. The van der Waals surface area contributed by atoms with E-state index in [0.29, 0.717) is 0 Å². The van der Waals surface area contributed by atoms with Gasteiger partial charge in [0.2, 0.25) is 17.3 Å². The van der Waals surface area contributed by atoms with Gasteiger partial charge < -0.3 is 9.47 Å². The van der Waals surface area contributed by atoms with Crippen molar-refractivity contribution in [2.75, 3.05) is 6.61 Å². The fraction of sp³-hybridized carbons (Fsp3) is 0.231. The number of hydrogen-bond donors (Lipinski definition) is 0. The lowest BCUT2D eigenvalue weighted by atomic mass is 10.0. The van der Waals surface area contributed by atoms with Gasteiger partial charge in [-0.15, -0.1) is 0 Å². The first-order valence-electron chi connectivity index (χ1n) is 5.73. The van der Waals surface area contributed by atoms with Crippen molar-refractivity contribution in [3.63, 3.8) is 0 Å². The Kier molecular flexibility index (Phi) is 5.61. The van der Waals surface area contributed by atoms with E-state index < -0.39 is 52.7 Å². The average Bonchev–Trinajstić information content (AvgIpc) is 2.45. The zero-order chi connectivity index (χ0) is 17.0. The van der Waals surface area contributed by atoms with Crippen LogP contribution in [0.15, 0.2) is 18.2 Å². The maximum Gasteiger partial charge on any atom is 0.387 e. The molecular formula is C13H9F5O4. The van der Waals surface area contributed by atoms with E-state index in [9.17, 15) is 31.5 Å². The monoisotopic (exact) mass is 324 g/mol. The second-order valence-corrected chi connectivity index (χ2v) is 3.77. The average molecular weight is 324 g/mol. The van der Waals surface area contributed by atoms with Gasteiger partial charge in [0.1, 0.15) is 5.57 Å².